The molecule has 0 aliphatic heterocycles. The number of fused-ring (bicyclic) bond motifs is 3. The lowest BCUT2D eigenvalue weighted by Gasteiger charge is -2.13. The van der Waals surface area contributed by atoms with E-state index >= 15 is 0 Å². The summed E-state index contributed by atoms with van der Waals surface area (Å²) >= 11 is 0. The number of rotatable bonds is 6. The van der Waals surface area contributed by atoms with E-state index in [1.165, 1.54) is 7.11 Å². The SMILES string of the molecule is COC(=O)c1ccc2c(c1)Cc1nc(Cc3ccccc3)nc(NCc3cnc(C)cn3)c1-2. The Bertz CT molecular complexity index is 1320. The van der Waals surface area contributed by atoms with Crippen LogP contribution in [-0.4, -0.2) is 33.0 Å². The van der Waals surface area contributed by atoms with Gasteiger partial charge in [0, 0.05) is 24.6 Å². The Kier molecular flexibility index (Phi) is 5.52. The monoisotopic (exact) mass is 437 g/mol. The minimum Gasteiger partial charge on any atom is -0.465 e. The fraction of sp³-hybridized carbons (Fsp3) is 0.192. The molecular weight excluding hydrogens is 414 g/mol. The van der Waals surface area contributed by atoms with Crippen molar-refractivity contribution in [1.29, 1.82) is 0 Å². The summed E-state index contributed by atoms with van der Waals surface area (Å²) in [6.45, 7) is 2.41. The maximum absolute atomic E-state index is 12.0. The number of benzene rings is 2. The molecular formula is C26H23N5O2. The van der Waals surface area contributed by atoms with E-state index in [0.29, 0.717) is 24.9 Å². The second kappa shape index (κ2) is 8.78. The van der Waals surface area contributed by atoms with Crippen molar-refractivity contribution in [2.45, 2.75) is 26.3 Å². The van der Waals surface area contributed by atoms with E-state index in [9.17, 15) is 4.79 Å². The zero-order valence-electron chi connectivity index (χ0n) is 18.5. The molecule has 0 saturated carbocycles. The summed E-state index contributed by atoms with van der Waals surface area (Å²) in [5.41, 5.74) is 7.38. The van der Waals surface area contributed by atoms with Crippen LogP contribution in [0.15, 0.2) is 60.9 Å². The lowest BCUT2D eigenvalue weighted by molar-refractivity contribution is 0.0600. The molecule has 0 saturated heterocycles. The minimum atomic E-state index is -0.346. The molecule has 7 nitrogen and oxygen atoms in total. The van der Waals surface area contributed by atoms with E-state index < -0.39 is 0 Å². The van der Waals surface area contributed by atoms with Crippen LogP contribution in [0.25, 0.3) is 11.1 Å². The molecule has 2 aromatic carbocycles. The van der Waals surface area contributed by atoms with Gasteiger partial charge in [-0.2, -0.15) is 0 Å². The van der Waals surface area contributed by atoms with Crippen LogP contribution >= 0.6 is 0 Å². The highest BCUT2D eigenvalue weighted by atomic mass is 16.5. The van der Waals surface area contributed by atoms with E-state index in [1.807, 2.05) is 37.3 Å². The average molecular weight is 438 g/mol. The van der Waals surface area contributed by atoms with Gasteiger partial charge in [-0.05, 0) is 35.7 Å². The van der Waals surface area contributed by atoms with Crippen molar-refractivity contribution >= 4 is 11.8 Å². The third-order valence-electron chi connectivity index (χ3n) is 5.66. The Morgan fingerprint density at radius 3 is 2.67 bits per heavy atom. The summed E-state index contributed by atoms with van der Waals surface area (Å²) in [5, 5.41) is 3.45. The van der Waals surface area contributed by atoms with E-state index in [-0.39, 0.29) is 5.97 Å². The zero-order chi connectivity index (χ0) is 22.8. The first-order valence-corrected chi connectivity index (χ1v) is 10.8. The van der Waals surface area contributed by atoms with Gasteiger partial charge in [-0.3, -0.25) is 9.97 Å². The maximum atomic E-state index is 12.0. The van der Waals surface area contributed by atoms with E-state index in [1.54, 1.807) is 18.5 Å². The van der Waals surface area contributed by atoms with Crippen molar-refractivity contribution in [1.82, 2.24) is 19.9 Å². The summed E-state index contributed by atoms with van der Waals surface area (Å²) in [6, 6.07) is 15.8. The molecule has 1 aliphatic rings. The molecule has 1 aliphatic carbocycles. The van der Waals surface area contributed by atoms with Crippen LogP contribution in [0.3, 0.4) is 0 Å². The molecule has 4 aromatic rings. The number of hydrogen-bond acceptors (Lipinski definition) is 7. The normalized spacial score (nSPS) is 11.6. The molecule has 0 amide bonds. The molecule has 0 atom stereocenters. The lowest BCUT2D eigenvalue weighted by atomic mass is 10.0. The number of carbonyl (C=O) groups is 1. The minimum absolute atomic E-state index is 0.346. The molecule has 0 unspecified atom stereocenters. The van der Waals surface area contributed by atoms with Crippen LogP contribution < -0.4 is 5.32 Å². The number of nitrogens with one attached hydrogen (secondary N) is 1. The Labute approximate surface area is 191 Å². The van der Waals surface area contributed by atoms with Gasteiger partial charge < -0.3 is 10.1 Å². The summed E-state index contributed by atoms with van der Waals surface area (Å²) < 4.78 is 4.89. The largest absolute Gasteiger partial charge is 0.465 e. The Morgan fingerprint density at radius 1 is 1.06 bits per heavy atom. The number of methoxy groups -OCH3 is 1. The fourth-order valence-electron chi connectivity index (χ4n) is 4.05. The molecule has 0 spiro atoms. The number of aromatic nitrogens is 4. The number of hydrogen-bond donors (Lipinski definition) is 1. The Hall–Kier alpha value is -4.13. The first-order chi connectivity index (χ1) is 16.1. The number of carbonyl (C=O) groups excluding carboxylic acids is 1. The smallest absolute Gasteiger partial charge is 0.337 e. The van der Waals surface area contributed by atoms with Crippen molar-refractivity contribution in [2.24, 2.45) is 0 Å². The molecule has 1 N–H and O–H groups in total. The van der Waals surface area contributed by atoms with Crippen molar-refractivity contribution < 1.29 is 9.53 Å². The molecule has 2 heterocycles. The van der Waals surface area contributed by atoms with Gasteiger partial charge in [0.25, 0.3) is 0 Å². The standard InChI is InChI=1S/C26H23N5O2/c1-16-13-28-20(14-27-16)15-29-25-24-21-9-8-18(26(32)33-2)11-19(21)12-22(24)30-23(31-25)10-17-6-4-3-5-7-17/h3-9,11,13-14H,10,12,15H2,1-2H3,(H,29,30,31). The third-order valence-corrected chi connectivity index (χ3v) is 5.66. The van der Waals surface area contributed by atoms with Crippen LogP contribution in [0.4, 0.5) is 5.82 Å². The van der Waals surface area contributed by atoms with Crippen LogP contribution in [0, 0.1) is 6.92 Å². The van der Waals surface area contributed by atoms with Gasteiger partial charge in [0.15, 0.2) is 0 Å². The fourth-order valence-corrected chi connectivity index (χ4v) is 4.05. The van der Waals surface area contributed by atoms with Crippen molar-refractivity contribution in [3.63, 3.8) is 0 Å². The summed E-state index contributed by atoms with van der Waals surface area (Å²) in [7, 11) is 1.39. The molecule has 0 fully saturated rings. The zero-order valence-corrected chi connectivity index (χ0v) is 18.5. The van der Waals surface area contributed by atoms with Crippen molar-refractivity contribution in [2.75, 3.05) is 12.4 Å². The highest BCUT2D eigenvalue weighted by molar-refractivity contribution is 5.92. The van der Waals surface area contributed by atoms with Crippen molar-refractivity contribution in [3.8, 4) is 11.1 Å². The van der Waals surface area contributed by atoms with E-state index in [2.05, 4.69) is 27.4 Å². The number of anilines is 1. The number of esters is 1. The summed E-state index contributed by atoms with van der Waals surface area (Å²) in [5.74, 6) is 1.16. The van der Waals surface area contributed by atoms with Gasteiger partial charge >= 0.3 is 5.97 Å². The number of aryl methyl sites for hydroxylation is 1. The van der Waals surface area contributed by atoms with Crippen LogP contribution in [-0.2, 0) is 24.1 Å². The van der Waals surface area contributed by atoms with Crippen molar-refractivity contribution in [3.05, 3.63) is 101 Å². The van der Waals surface area contributed by atoms with Gasteiger partial charge in [0.05, 0.1) is 42.5 Å². The first-order valence-electron chi connectivity index (χ1n) is 10.8. The predicted octanol–water partition coefficient (Wildman–Crippen LogP) is 4.14. The molecule has 7 heteroatoms. The van der Waals surface area contributed by atoms with Gasteiger partial charge in [0.1, 0.15) is 11.6 Å². The van der Waals surface area contributed by atoms with E-state index in [4.69, 9.17) is 14.7 Å². The Balaban J connectivity index is 1.52. The summed E-state index contributed by atoms with van der Waals surface area (Å²) in [6.07, 6.45) is 4.80. The highest BCUT2D eigenvalue weighted by Crippen LogP contribution is 2.40. The summed E-state index contributed by atoms with van der Waals surface area (Å²) in [4.78, 5) is 30.6. The Morgan fingerprint density at radius 2 is 1.91 bits per heavy atom. The molecule has 33 heavy (non-hydrogen) atoms. The van der Waals surface area contributed by atoms with Gasteiger partial charge in [-0.25, -0.2) is 14.8 Å². The molecule has 0 bridgehead atoms. The first kappa shape index (κ1) is 20.8. The van der Waals surface area contributed by atoms with Gasteiger partial charge in [-0.1, -0.05) is 36.4 Å². The maximum Gasteiger partial charge on any atom is 0.337 e. The average Bonchev–Trinajstić information content (AvgIpc) is 3.21. The van der Waals surface area contributed by atoms with Crippen LogP contribution in [0.2, 0.25) is 0 Å². The lowest BCUT2D eigenvalue weighted by Crippen LogP contribution is -2.09. The van der Waals surface area contributed by atoms with Gasteiger partial charge in [0.2, 0.25) is 0 Å². The number of ether oxygens (including phenoxy) is 1. The van der Waals surface area contributed by atoms with E-state index in [0.717, 1.165) is 51.0 Å². The van der Waals surface area contributed by atoms with Crippen LogP contribution in [0.1, 0.15) is 44.4 Å². The number of nitrogens with zero attached hydrogens (tertiary/aromatic N) is 4. The highest BCUT2D eigenvalue weighted by Gasteiger charge is 2.26. The second-order valence-electron chi connectivity index (χ2n) is 8.02. The predicted molar refractivity (Wildman–Crippen MR) is 125 cm³/mol. The molecule has 2 aromatic heterocycles. The van der Waals surface area contributed by atoms with Crippen LogP contribution in [0.5, 0.6) is 0 Å². The molecule has 5 rings (SSSR count). The third kappa shape index (κ3) is 4.30. The quantitative estimate of drug-likeness (QED) is 0.399. The topological polar surface area (TPSA) is 89.9 Å². The molecule has 0 radical (unpaired) electrons. The van der Waals surface area contributed by atoms with Gasteiger partial charge in [-0.15, -0.1) is 0 Å². The molecule has 164 valence electrons. The second-order valence-corrected chi connectivity index (χ2v) is 8.02.